The molecule has 0 radical (unpaired) electrons. The highest BCUT2D eigenvalue weighted by Crippen LogP contribution is 2.19. The summed E-state index contributed by atoms with van der Waals surface area (Å²) in [5.74, 6) is -2.34. The zero-order valence-electron chi connectivity index (χ0n) is 6.83. The second-order valence-corrected chi connectivity index (χ2v) is 2.79. The minimum atomic E-state index is -1.18. The lowest BCUT2D eigenvalue weighted by Crippen LogP contribution is -2.08. The van der Waals surface area contributed by atoms with Gasteiger partial charge in [0.15, 0.2) is 0 Å². The minimum Gasteiger partial charge on any atom is -0.478 e. The van der Waals surface area contributed by atoms with E-state index in [2.05, 4.69) is 0 Å². The minimum absolute atomic E-state index is 0.0463. The summed E-state index contributed by atoms with van der Waals surface area (Å²) in [5, 5.41) is 17.2. The standard InChI is InChI=1S/C7H10O4S/c1-3-4(6(8)9)5(12-2)7(10)11/h3H2,1-2H3,(H,8,9)(H,10,11)/b5-4+. The van der Waals surface area contributed by atoms with E-state index in [0.717, 1.165) is 11.8 Å². The molecular formula is C7H10O4S. The Hall–Kier alpha value is -0.970. The van der Waals surface area contributed by atoms with Gasteiger partial charge in [0, 0.05) is 0 Å². The molecule has 0 rings (SSSR count). The third-order valence-electron chi connectivity index (χ3n) is 1.28. The highest BCUT2D eigenvalue weighted by atomic mass is 32.2. The van der Waals surface area contributed by atoms with Crippen LogP contribution in [0.5, 0.6) is 0 Å². The predicted octanol–water partition coefficient (Wildman–Crippen LogP) is 1.18. The molecule has 0 atom stereocenters. The molecule has 0 aliphatic carbocycles. The van der Waals surface area contributed by atoms with Gasteiger partial charge in [0.1, 0.15) is 4.91 Å². The first-order valence-corrected chi connectivity index (χ1v) is 4.50. The summed E-state index contributed by atoms with van der Waals surface area (Å²) < 4.78 is 0. The van der Waals surface area contributed by atoms with Crippen LogP contribution in [0.25, 0.3) is 0 Å². The van der Waals surface area contributed by atoms with Crippen LogP contribution in [-0.2, 0) is 9.59 Å². The van der Waals surface area contributed by atoms with Crippen LogP contribution in [0.1, 0.15) is 13.3 Å². The van der Waals surface area contributed by atoms with E-state index in [1.54, 1.807) is 13.2 Å². The summed E-state index contributed by atoms with van der Waals surface area (Å²) in [5.41, 5.74) is -0.0463. The van der Waals surface area contributed by atoms with Crippen LogP contribution in [0.4, 0.5) is 0 Å². The number of carboxylic acid groups (broad SMARTS) is 2. The van der Waals surface area contributed by atoms with Crippen molar-refractivity contribution in [2.45, 2.75) is 13.3 Å². The number of rotatable bonds is 4. The monoisotopic (exact) mass is 190 g/mol. The van der Waals surface area contributed by atoms with E-state index in [0.29, 0.717) is 0 Å². The van der Waals surface area contributed by atoms with Gasteiger partial charge < -0.3 is 10.2 Å². The molecule has 0 unspecified atom stereocenters. The number of hydrogen-bond acceptors (Lipinski definition) is 3. The van der Waals surface area contributed by atoms with E-state index < -0.39 is 11.9 Å². The van der Waals surface area contributed by atoms with Crippen LogP contribution in [0.3, 0.4) is 0 Å². The van der Waals surface area contributed by atoms with Gasteiger partial charge in [-0.25, -0.2) is 9.59 Å². The third kappa shape index (κ3) is 2.58. The van der Waals surface area contributed by atoms with Crippen molar-refractivity contribution in [1.29, 1.82) is 0 Å². The SMILES string of the molecule is CC/C(C(=O)O)=C(\SC)C(=O)O. The Balaban J connectivity index is 5.01. The normalized spacial score (nSPS) is 12.2. The molecule has 0 aromatic rings. The van der Waals surface area contributed by atoms with Gasteiger partial charge in [-0.05, 0) is 12.7 Å². The molecule has 0 aromatic heterocycles. The van der Waals surface area contributed by atoms with E-state index >= 15 is 0 Å². The fraction of sp³-hybridized carbons (Fsp3) is 0.429. The number of carbonyl (C=O) groups is 2. The fourth-order valence-electron chi connectivity index (χ4n) is 0.748. The van der Waals surface area contributed by atoms with Gasteiger partial charge in [0.2, 0.25) is 0 Å². The van der Waals surface area contributed by atoms with E-state index in [9.17, 15) is 9.59 Å². The van der Waals surface area contributed by atoms with E-state index in [1.807, 2.05) is 0 Å². The molecule has 68 valence electrons. The van der Waals surface area contributed by atoms with Crippen LogP contribution in [0.2, 0.25) is 0 Å². The van der Waals surface area contributed by atoms with Crippen molar-refractivity contribution in [1.82, 2.24) is 0 Å². The molecule has 0 aliphatic rings. The zero-order chi connectivity index (χ0) is 9.72. The van der Waals surface area contributed by atoms with E-state index in [1.165, 1.54) is 0 Å². The maximum Gasteiger partial charge on any atom is 0.342 e. The Bertz CT molecular complexity index is 208. The van der Waals surface area contributed by atoms with Gasteiger partial charge in [-0.1, -0.05) is 6.92 Å². The maximum absolute atomic E-state index is 10.5. The van der Waals surface area contributed by atoms with Crippen molar-refractivity contribution in [2.24, 2.45) is 0 Å². The Morgan fingerprint density at radius 1 is 1.25 bits per heavy atom. The summed E-state index contributed by atoms with van der Waals surface area (Å²) in [6.45, 7) is 1.61. The molecule has 5 heteroatoms. The van der Waals surface area contributed by atoms with E-state index in [4.69, 9.17) is 10.2 Å². The second kappa shape index (κ2) is 4.82. The molecule has 2 N–H and O–H groups in total. The average Bonchev–Trinajstić information content (AvgIpc) is 1.98. The molecule has 12 heavy (non-hydrogen) atoms. The highest BCUT2D eigenvalue weighted by molar-refractivity contribution is 8.03. The molecule has 0 saturated heterocycles. The van der Waals surface area contributed by atoms with Crippen molar-refractivity contribution < 1.29 is 19.8 Å². The van der Waals surface area contributed by atoms with Crippen LogP contribution >= 0.6 is 11.8 Å². The number of aliphatic carboxylic acids is 2. The number of carboxylic acids is 2. The Morgan fingerprint density at radius 2 is 1.75 bits per heavy atom. The summed E-state index contributed by atoms with van der Waals surface area (Å²) >= 11 is 0.938. The molecule has 0 saturated carbocycles. The second-order valence-electron chi connectivity index (χ2n) is 1.98. The van der Waals surface area contributed by atoms with Crippen molar-refractivity contribution >= 4 is 23.7 Å². The number of hydrogen-bond donors (Lipinski definition) is 2. The first-order valence-electron chi connectivity index (χ1n) is 3.28. The first-order chi connectivity index (χ1) is 5.54. The molecule has 0 heterocycles. The van der Waals surface area contributed by atoms with Crippen LogP contribution in [0, 0.1) is 0 Å². The number of thioether (sulfide) groups is 1. The lowest BCUT2D eigenvalue weighted by Gasteiger charge is -2.02. The third-order valence-corrected chi connectivity index (χ3v) is 2.11. The first kappa shape index (κ1) is 11.0. The smallest absolute Gasteiger partial charge is 0.342 e. The van der Waals surface area contributed by atoms with Gasteiger partial charge >= 0.3 is 11.9 Å². The van der Waals surface area contributed by atoms with Crippen molar-refractivity contribution in [3.63, 3.8) is 0 Å². The van der Waals surface area contributed by atoms with Gasteiger partial charge in [-0.3, -0.25) is 0 Å². The molecule has 0 aromatic carbocycles. The average molecular weight is 190 g/mol. The fourth-order valence-corrected chi connectivity index (χ4v) is 1.40. The van der Waals surface area contributed by atoms with Crippen molar-refractivity contribution in [3.05, 3.63) is 10.5 Å². The van der Waals surface area contributed by atoms with Gasteiger partial charge in [0.25, 0.3) is 0 Å². The Kier molecular flexibility index (Phi) is 4.43. The summed E-state index contributed by atoms with van der Waals surface area (Å²) in [6, 6.07) is 0. The molecule has 4 nitrogen and oxygen atoms in total. The summed E-state index contributed by atoms with van der Waals surface area (Å²) in [4.78, 5) is 20.9. The van der Waals surface area contributed by atoms with Crippen molar-refractivity contribution in [2.75, 3.05) is 6.26 Å². The largest absolute Gasteiger partial charge is 0.478 e. The van der Waals surface area contributed by atoms with Crippen LogP contribution in [0.15, 0.2) is 10.5 Å². The lowest BCUT2D eigenvalue weighted by molar-refractivity contribution is -0.135. The molecule has 0 fully saturated rings. The van der Waals surface area contributed by atoms with E-state index in [-0.39, 0.29) is 16.9 Å². The van der Waals surface area contributed by atoms with Gasteiger partial charge in [-0.15, -0.1) is 11.8 Å². The quantitative estimate of drug-likeness (QED) is 0.651. The van der Waals surface area contributed by atoms with Gasteiger partial charge in [0.05, 0.1) is 5.57 Å². The topological polar surface area (TPSA) is 74.6 Å². The van der Waals surface area contributed by atoms with Crippen LogP contribution < -0.4 is 0 Å². The highest BCUT2D eigenvalue weighted by Gasteiger charge is 2.17. The molecule has 0 aliphatic heterocycles. The summed E-state index contributed by atoms with van der Waals surface area (Å²) in [6.07, 6.45) is 1.76. The van der Waals surface area contributed by atoms with Crippen LogP contribution in [-0.4, -0.2) is 28.4 Å². The van der Waals surface area contributed by atoms with Crippen molar-refractivity contribution in [3.8, 4) is 0 Å². The zero-order valence-corrected chi connectivity index (χ0v) is 7.64. The Morgan fingerprint density at radius 3 is 1.83 bits per heavy atom. The molecule has 0 amide bonds. The summed E-state index contributed by atoms with van der Waals surface area (Å²) in [7, 11) is 0. The Labute approximate surface area is 74.3 Å². The van der Waals surface area contributed by atoms with Gasteiger partial charge in [-0.2, -0.15) is 0 Å². The lowest BCUT2D eigenvalue weighted by atomic mass is 10.2. The molecule has 0 spiro atoms. The molecule has 0 bridgehead atoms. The predicted molar refractivity (Wildman–Crippen MR) is 46.1 cm³/mol. The molecular weight excluding hydrogens is 180 g/mol. The maximum atomic E-state index is 10.5.